The summed E-state index contributed by atoms with van der Waals surface area (Å²) >= 11 is 3.59. The van der Waals surface area contributed by atoms with E-state index in [0.717, 1.165) is 21.3 Å². The third-order valence-corrected chi connectivity index (χ3v) is 5.56. The van der Waals surface area contributed by atoms with Gasteiger partial charge < -0.3 is 19.9 Å². The normalized spacial score (nSPS) is 10.5. The number of aryl methyl sites for hydroxylation is 1. The van der Waals surface area contributed by atoms with Crippen LogP contribution in [0.25, 0.3) is 0 Å². The van der Waals surface area contributed by atoms with Crippen LogP contribution in [-0.2, 0) is 13.2 Å². The van der Waals surface area contributed by atoms with Crippen molar-refractivity contribution in [1.82, 2.24) is 0 Å². The van der Waals surface area contributed by atoms with Gasteiger partial charge in [0.05, 0.1) is 17.1 Å². The van der Waals surface area contributed by atoms with Gasteiger partial charge in [0.2, 0.25) is 0 Å². The summed E-state index contributed by atoms with van der Waals surface area (Å²) in [4.78, 5) is 11.3. The molecule has 0 bridgehead atoms. The second-order valence-corrected chi connectivity index (χ2v) is 7.82. The zero-order valence-corrected chi connectivity index (χ0v) is 18.7. The molecule has 0 aromatic heterocycles. The van der Waals surface area contributed by atoms with Crippen molar-refractivity contribution in [2.24, 2.45) is 0 Å². The maximum absolute atomic E-state index is 11.3. The quantitative estimate of drug-likeness (QED) is 0.425. The number of carbonyl (C=O) groups is 1. The van der Waals surface area contributed by atoms with Gasteiger partial charge in [-0.05, 0) is 76.3 Å². The Morgan fingerprint density at radius 3 is 2.57 bits per heavy atom. The molecule has 5 nitrogen and oxygen atoms in total. The number of carboxylic acids is 1. The molecule has 0 aliphatic carbocycles. The van der Waals surface area contributed by atoms with Gasteiger partial charge in [-0.25, -0.2) is 4.79 Å². The van der Waals surface area contributed by atoms with E-state index in [1.807, 2.05) is 36.4 Å². The summed E-state index contributed by atoms with van der Waals surface area (Å²) in [5.74, 6) is 0.343. The molecule has 0 fully saturated rings. The molecule has 3 rings (SSSR count). The number of ether oxygens (including phenoxy) is 2. The van der Waals surface area contributed by atoms with Gasteiger partial charge in [0.25, 0.3) is 0 Å². The number of aromatic carboxylic acids is 1. The molecule has 156 valence electrons. The molecule has 3 aromatic carbocycles. The van der Waals surface area contributed by atoms with Crippen molar-refractivity contribution in [3.8, 4) is 11.5 Å². The van der Waals surface area contributed by atoms with Crippen molar-refractivity contribution < 1.29 is 19.4 Å². The van der Waals surface area contributed by atoms with Crippen LogP contribution in [0.3, 0.4) is 0 Å². The maximum Gasteiger partial charge on any atom is 0.336 e. The lowest BCUT2D eigenvalue weighted by Gasteiger charge is -2.16. The largest absolute Gasteiger partial charge is 0.493 e. The molecule has 0 radical (unpaired) electrons. The lowest BCUT2D eigenvalue weighted by molar-refractivity contribution is 0.0696. The summed E-state index contributed by atoms with van der Waals surface area (Å²) in [6.45, 7) is 4.81. The standard InChI is InChI=1S/C24H24BrNO4/c1-15-7-4-5-8-18(15)14-30-23-20(25)11-17(12-22(23)29-3)13-26-21-10-6-9-19(16(21)2)24(27)28/h4-12,26H,13-14H2,1-3H3,(H,27,28). The van der Waals surface area contributed by atoms with Crippen LogP contribution >= 0.6 is 15.9 Å². The first kappa shape index (κ1) is 21.7. The summed E-state index contributed by atoms with van der Waals surface area (Å²) < 4.78 is 12.4. The predicted octanol–water partition coefficient (Wildman–Crippen LogP) is 5.96. The maximum atomic E-state index is 11.3. The highest BCUT2D eigenvalue weighted by molar-refractivity contribution is 9.10. The fraction of sp³-hybridized carbons (Fsp3) is 0.208. The monoisotopic (exact) mass is 469 g/mol. The highest BCUT2D eigenvalue weighted by Crippen LogP contribution is 2.37. The topological polar surface area (TPSA) is 67.8 Å². The molecule has 0 spiro atoms. The Bertz CT molecular complexity index is 1070. The van der Waals surface area contributed by atoms with E-state index in [-0.39, 0.29) is 0 Å². The molecule has 0 aliphatic heterocycles. The Hall–Kier alpha value is -2.99. The molecule has 0 heterocycles. The Labute approximate surface area is 184 Å². The van der Waals surface area contributed by atoms with Gasteiger partial charge in [-0.1, -0.05) is 30.3 Å². The number of hydrogen-bond donors (Lipinski definition) is 2. The van der Waals surface area contributed by atoms with Crippen molar-refractivity contribution in [2.45, 2.75) is 27.0 Å². The van der Waals surface area contributed by atoms with Crippen LogP contribution in [0.5, 0.6) is 11.5 Å². The molecule has 0 aliphatic rings. The van der Waals surface area contributed by atoms with E-state index in [1.54, 1.807) is 26.2 Å². The Morgan fingerprint density at radius 2 is 1.87 bits per heavy atom. The summed E-state index contributed by atoms with van der Waals surface area (Å²) in [5.41, 5.74) is 5.04. The molecular formula is C24H24BrNO4. The molecule has 0 amide bonds. The van der Waals surface area contributed by atoms with Gasteiger partial charge in [-0.3, -0.25) is 0 Å². The number of halogens is 1. The predicted molar refractivity (Wildman–Crippen MR) is 122 cm³/mol. The van der Waals surface area contributed by atoms with Crippen molar-refractivity contribution >= 4 is 27.6 Å². The smallest absolute Gasteiger partial charge is 0.336 e. The molecule has 0 saturated carbocycles. The van der Waals surface area contributed by atoms with Gasteiger partial charge in [0.15, 0.2) is 11.5 Å². The lowest BCUT2D eigenvalue weighted by atomic mass is 10.1. The summed E-state index contributed by atoms with van der Waals surface area (Å²) in [7, 11) is 1.61. The van der Waals surface area contributed by atoms with E-state index in [0.29, 0.717) is 35.8 Å². The van der Waals surface area contributed by atoms with Gasteiger partial charge in [0.1, 0.15) is 6.61 Å². The highest BCUT2D eigenvalue weighted by Gasteiger charge is 2.14. The summed E-state index contributed by atoms with van der Waals surface area (Å²) in [5, 5.41) is 12.6. The number of methoxy groups -OCH3 is 1. The van der Waals surface area contributed by atoms with E-state index in [2.05, 4.69) is 34.2 Å². The SMILES string of the molecule is COc1cc(CNc2cccc(C(=O)O)c2C)cc(Br)c1OCc1ccccc1C. The highest BCUT2D eigenvalue weighted by atomic mass is 79.9. The number of benzene rings is 3. The number of rotatable bonds is 8. The van der Waals surface area contributed by atoms with Crippen LogP contribution in [0.15, 0.2) is 59.1 Å². The van der Waals surface area contributed by atoms with Gasteiger partial charge in [-0.15, -0.1) is 0 Å². The van der Waals surface area contributed by atoms with Crippen LogP contribution in [0, 0.1) is 13.8 Å². The third-order valence-electron chi connectivity index (χ3n) is 4.97. The summed E-state index contributed by atoms with van der Waals surface area (Å²) in [6, 6.07) is 17.2. The van der Waals surface area contributed by atoms with Gasteiger partial charge >= 0.3 is 5.97 Å². The minimum Gasteiger partial charge on any atom is -0.493 e. The minimum atomic E-state index is -0.935. The van der Waals surface area contributed by atoms with Gasteiger partial charge in [-0.2, -0.15) is 0 Å². The van der Waals surface area contributed by atoms with Crippen LogP contribution < -0.4 is 14.8 Å². The second-order valence-electron chi connectivity index (χ2n) is 6.96. The number of hydrogen-bond acceptors (Lipinski definition) is 4. The van der Waals surface area contributed by atoms with Crippen LogP contribution in [0.2, 0.25) is 0 Å². The van der Waals surface area contributed by atoms with Crippen molar-refractivity contribution in [1.29, 1.82) is 0 Å². The molecule has 0 atom stereocenters. The molecular weight excluding hydrogens is 446 g/mol. The van der Waals surface area contributed by atoms with E-state index in [4.69, 9.17) is 9.47 Å². The molecule has 3 aromatic rings. The molecule has 2 N–H and O–H groups in total. The first-order valence-electron chi connectivity index (χ1n) is 9.51. The molecule has 30 heavy (non-hydrogen) atoms. The van der Waals surface area contributed by atoms with E-state index in [9.17, 15) is 9.90 Å². The Kier molecular flexibility index (Phi) is 7.00. The first-order valence-corrected chi connectivity index (χ1v) is 10.3. The van der Waals surface area contributed by atoms with Crippen LogP contribution in [-0.4, -0.2) is 18.2 Å². The average molecular weight is 470 g/mol. The van der Waals surface area contributed by atoms with Crippen LogP contribution in [0.4, 0.5) is 5.69 Å². The second kappa shape index (κ2) is 9.67. The molecule has 0 saturated heterocycles. The van der Waals surface area contributed by atoms with Crippen molar-refractivity contribution in [2.75, 3.05) is 12.4 Å². The zero-order valence-electron chi connectivity index (χ0n) is 17.2. The molecule has 6 heteroatoms. The number of carboxylic acid groups (broad SMARTS) is 1. The van der Waals surface area contributed by atoms with E-state index >= 15 is 0 Å². The van der Waals surface area contributed by atoms with Crippen LogP contribution in [0.1, 0.15) is 32.6 Å². The first-order chi connectivity index (χ1) is 14.4. The van der Waals surface area contributed by atoms with Gasteiger partial charge in [0, 0.05) is 12.2 Å². The number of nitrogens with one attached hydrogen (secondary N) is 1. The van der Waals surface area contributed by atoms with E-state index < -0.39 is 5.97 Å². The van der Waals surface area contributed by atoms with E-state index in [1.165, 1.54) is 5.56 Å². The molecule has 0 unspecified atom stereocenters. The fourth-order valence-corrected chi connectivity index (χ4v) is 3.80. The van der Waals surface area contributed by atoms with Crippen molar-refractivity contribution in [3.63, 3.8) is 0 Å². The Balaban J connectivity index is 1.76. The average Bonchev–Trinajstić information content (AvgIpc) is 2.72. The minimum absolute atomic E-state index is 0.290. The third kappa shape index (κ3) is 4.94. The fourth-order valence-electron chi connectivity index (χ4n) is 3.19. The zero-order chi connectivity index (χ0) is 21.7. The van der Waals surface area contributed by atoms with Crippen molar-refractivity contribution in [3.05, 3.63) is 86.9 Å². The number of anilines is 1. The summed E-state index contributed by atoms with van der Waals surface area (Å²) in [6.07, 6.45) is 0. The lowest BCUT2D eigenvalue weighted by Crippen LogP contribution is -2.06. The Morgan fingerprint density at radius 1 is 1.10 bits per heavy atom.